The maximum absolute atomic E-state index is 11.6. The second-order valence-electron chi connectivity index (χ2n) is 4.54. The Hall–Kier alpha value is -0.570. The number of carbonyl (C=O) groups excluding carboxylic acids is 1. The SMILES string of the molecule is CCC(C)CN1CCCC[C@@H]1C(=O)OC. The number of rotatable bonds is 4. The Morgan fingerprint density at radius 1 is 1.53 bits per heavy atom. The number of piperidine rings is 1. The smallest absolute Gasteiger partial charge is 0.323 e. The molecule has 0 aromatic heterocycles. The van der Waals surface area contributed by atoms with Gasteiger partial charge in [-0.15, -0.1) is 0 Å². The predicted molar refractivity (Wildman–Crippen MR) is 60.7 cm³/mol. The van der Waals surface area contributed by atoms with Crippen LogP contribution < -0.4 is 0 Å². The molecule has 0 spiro atoms. The highest BCUT2D eigenvalue weighted by atomic mass is 16.5. The number of nitrogens with zero attached hydrogens (tertiary/aromatic N) is 1. The Bertz CT molecular complexity index is 206. The quantitative estimate of drug-likeness (QED) is 0.669. The maximum Gasteiger partial charge on any atom is 0.323 e. The molecule has 1 rings (SSSR count). The molecule has 15 heavy (non-hydrogen) atoms. The lowest BCUT2D eigenvalue weighted by atomic mass is 9.99. The van der Waals surface area contributed by atoms with E-state index in [-0.39, 0.29) is 12.0 Å². The minimum atomic E-state index is -0.0574. The fraction of sp³-hybridized carbons (Fsp3) is 0.917. The highest BCUT2D eigenvalue weighted by molar-refractivity contribution is 5.75. The number of hydrogen-bond acceptors (Lipinski definition) is 3. The molecular formula is C12H23NO2. The Morgan fingerprint density at radius 3 is 2.87 bits per heavy atom. The van der Waals surface area contributed by atoms with Crippen LogP contribution in [0, 0.1) is 5.92 Å². The van der Waals surface area contributed by atoms with Crippen LogP contribution in [0.1, 0.15) is 39.5 Å². The van der Waals surface area contributed by atoms with Crippen molar-refractivity contribution in [2.45, 2.75) is 45.6 Å². The lowest BCUT2D eigenvalue weighted by Gasteiger charge is -2.35. The molecule has 1 unspecified atom stereocenters. The fourth-order valence-corrected chi connectivity index (χ4v) is 2.14. The van der Waals surface area contributed by atoms with Gasteiger partial charge in [-0.1, -0.05) is 26.7 Å². The van der Waals surface area contributed by atoms with Crippen molar-refractivity contribution < 1.29 is 9.53 Å². The van der Waals surface area contributed by atoms with Gasteiger partial charge < -0.3 is 4.74 Å². The van der Waals surface area contributed by atoms with E-state index < -0.39 is 0 Å². The third-order valence-electron chi connectivity index (χ3n) is 3.33. The van der Waals surface area contributed by atoms with Gasteiger partial charge in [-0.05, 0) is 25.3 Å². The Labute approximate surface area is 92.8 Å². The second kappa shape index (κ2) is 6.11. The number of methoxy groups -OCH3 is 1. The number of likely N-dealkylation sites (tertiary alicyclic amines) is 1. The van der Waals surface area contributed by atoms with Gasteiger partial charge >= 0.3 is 5.97 Å². The summed E-state index contributed by atoms with van der Waals surface area (Å²) in [7, 11) is 1.48. The van der Waals surface area contributed by atoms with E-state index in [1.54, 1.807) is 0 Å². The van der Waals surface area contributed by atoms with Gasteiger partial charge in [0.1, 0.15) is 6.04 Å². The van der Waals surface area contributed by atoms with Gasteiger partial charge in [0.05, 0.1) is 7.11 Å². The molecule has 1 aliphatic rings. The van der Waals surface area contributed by atoms with Crippen molar-refractivity contribution in [1.82, 2.24) is 4.90 Å². The number of carbonyl (C=O) groups is 1. The first-order valence-electron chi connectivity index (χ1n) is 6.01. The molecule has 0 saturated carbocycles. The molecule has 0 N–H and O–H groups in total. The summed E-state index contributed by atoms with van der Waals surface area (Å²) < 4.78 is 4.85. The summed E-state index contributed by atoms with van der Waals surface area (Å²) in [6.07, 6.45) is 4.49. The van der Waals surface area contributed by atoms with Crippen LogP contribution in [0.5, 0.6) is 0 Å². The van der Waals surface area contributed by atoms with Crippen molar-refractivity contribution in [2.75, 3.05) is 20.2 Å². The first kappa shape index (κ1) is 12.5. The summed E-state index contributed by atoms with van der Waals surface area (Å²) in [5, 5.41) is 0. The number of esters is 1. The molecule has 1 aliphatic heterocycles. The number of hydrogen-bond donors (Lipinski definition) is 0. The lowest BCUT2D eigenvalue weighted by Crippen LogP contribution is -2.46. The molecule has 0 aromatic rings. The van der Waals surface area contributed by atoms with E-state index in [2.05, 4.69) is 18.7 Å². The molecule has 3 heteroatoms. The van der Waals surface area contributed by atoms with Crippen molar-refractivity contribution in [2.24, 2.45) is 5.92 Å². The van der Waals surface area contributed by atoms with Crippen molar-refractivity contribution in [3.8, 4) is 0 Å². The molecule has 2 atom stereocenters. The molecule has 0 aliphatic carbocycles. The van der Waals surface area contributed by atoms with Gasteiger partial charge in [-0.3, -0.25) is 9.69 Å². The minimum Gasteiger partial charge on any atom is -0.468 e. The number of ether oxygens (including phenoxy) is 1. The van der Waals surface area contributed by atoms with Gasteiger partial charge in [-0.2, -0.15) is 0 Å². The summed E-state index contributed by atoms with van der Waals surface area (Å²) >= 11 is 0. The summed E-state index contributed by atoms with van der Waals surface area (Å²) in [5.74, 6) is 0.605. The predicted octanol–water partition coefficient (Wildman–Crippen LogP) is 2.06. The van der Waals surface area contributed by atoms with E-state index in [4.69, 9.17) is 4.74 Å². The Balaban J connectivity index is 2.53. The second-order valence-corrected chi connectivity index (χ2v) is 4.54. The average molecular weight is 213 g/mol. The van der Waals surface area contributed by atoms with Gasteiger partial charge in [0.15, 0.2) is 0 Å². The zero-order chi connectivity index (χ0) is 11.3. The molecule has 0 amide bonds. The zero-order valence-corrected chi connectivity index (χ0v) is 10.2. The maximum atomic E-state index is 11.6. The first-order valence-corrected chi connectivity index (χ1v) is 6.01. The third kappa shape index (κ3) is 3.49. The average Bonchev–Trinajstić information content (AvgIpc) is 2.28. The van der Waals surface area contributed by atoms with Gasteiger partial charge in [0.2, 0.25) is 0 Å². The molecule has 1 fully saturated rings. The molecule has 0 radical (unpaired) electrons. The summed E-state index contributed by atoms with van der Waals surface area (Å²) in [5.41, 5.74) is 0. The van der Waals surface area contributed by atoms with Gasteiger partial charge in [0.25, 0.3) is 0 Å². The molecule has 0 bridgehead atoms. The van der Waals surface area contributed by atoms with Crippen LogP contribution in [0.3, 0.4) is 0 Å². The van der Waals surface area contributed by atoms with Gasteiger partial charge in [0, 0.05) is 6.54 Å². The summed E-state index contributed by atoms with van der Waals surface area (Å²) in [6.45, 7) is 6.51. The third-order valence-corrected chi connectivity index (χ3v) is 3.33. The molecule has 1 heterocycles. The van der Waals surface area contributed by atoms with Crippen molar-refractivity contribution in [3.63, 3.8) is 0 Å². The normalized spacial score (nSPS) is 24.9. The van der Waals surface area contributed by atoms with E-state index in [0.29, 0.717) is 5.92 Å². The Morgan fingerprint density at radius 2 is 2.27 bits per heavy atom. The molecule has 3 nitrogen and oxygen atoms in total. The molecule has 0 aromatic carbocycles. The first-order chi connectivity index (χ1) is 7.19. The van der Waals surface area contributed by atoms with Crippen LogP contribution in [0.15, 0.2) is 0 Å². The van der Waals surface area contributed by atoms with Crippen molar-refractivity contribution in [3.05, 3.63) is 0 Å². The van der Waals surface area contributed by atoms with E-state index in [0.717, 1.165) is 25.9 Å². The van der Waals surface area contributed by atoms with Crippen LogP contribution in [0.4, 0.5) is 0 Å². The molecular weight excluding hydrogens is 190 g/mol. The van der Waals surface area contributed by atoms with Crippen LogP contribution >= 0.6 is 0 Å². The standard InChI is InChI=1S/C12H23NO2/c1-4-10(2)9-13-8-6-5-7-11(13)12(14)15-3/h10-11H,4-9H2,1-3H3/t10?,11-/m1/s1. The summed E-state index contributed by atoms with van der Waals surface area (Å²) in [4.78, 5) is 13.9. The molecule has 1 saturated heterocycles. The van der Waals surface area contributed by atoms with E-state index in [1.807, 2.05) is 0 Å². The van der Waals surface area contributed by atoms with E-state index in [1.165, 1.54) is 20.0 Å². The summed E-state index contributed by atoms with van der Waals surface area (Å²) in [6, 6.07) is 0.0118. The lowest BCUT2D eigenvalue weighted by molar-refractivity contribution is -0.148. The Kier molecular flexibility index (Phi) is 5.09. The van der Waals surface area contributed by atoms with Crippen LogP contribution in [-0.2, 0) is 9.53 Å². The monoisotopic (exact) mass is 213 g/mol. The van der Waals surface area contributed by atoms with Crippen LogP contribution in [0.2, 0.25) is 0 Å². The van der Waals surface area contributed by atoms with Crippen molar-refractivity contribution in [1.29, 1.82) is 0 Å². The van der Waals surface area contributed by atoms with E-state index in [9.17, 15) is 4.79 Å². The van der Waals surface area contributed by atoms with Crippen molar-refractivity contribution >= 4 is 5.97 Å². The van der Waals surface area contributed by atoms with Crippen LogP contribution in [0.25, 0.3) is 0 Å². The fourth-order valence-electron chi connectivity index (χ4n) is 2.14. The topological polar surface area (TPSA) is 29.5 Å². The highest BCUT2D eigenvalue weighted by Gasteiger charge is 2.29. The van der Waals surface area contributed by atoms with E-state index >= 15 is 0 Å². The minimum absolute atomic E-state index is 0.0118. The largest absolute Gasteiger partial charge is 0.468 e. The zero-order valence-electron chi connectivity index (χ0n) is 10.2. The highest BCUT2D eigenvalue weighted by Crippen LogP contribution is 2.20. The molecule has 88 valence electrons. The van der Waals surface area contributed by atoms with Crippen LogP contribution in [-0.4, -0.2) is 37.1 Å². The van der Waals surface area contributed by atoms with Gasteiger partial charge in [-0.25, -0.2) is 0 Å².